The molecule has 2 aromatic carbocycles. The zero-order valence-corrected chi connectivity index (χ0v) is 18.2. The zero-order chi connectivity index (χ0) is 21.5. The van der Waals surface area contributed by atoms with E-state index in [4.69, 9.17) is 0 Å². The molecule has 1 aliphatic carbocycles. The number of nitrogens with one attached hydrogen (secondary N) is 1. The van der Waals surface area contributed by atoms with E-state index in [9.17, 15) is 13.2 Å². The van der Waals surface area contributed by atoms with Gasteiger partial charge in [0.2, 0.25) is 10.0 Å². The van der Waals surface area contributed by atoms with E-state index in [1.165, 1.54) is 38.8 Å². The minimum Gasteiger partial charge on any atom is -0.345 e. The van der Waals surface area contributed by atoms with Crippen LogP contribution in [0.5, 0.6) is 0 Å². The quantitative estimate of drug-likeness (QED) is 0.512. The number of nitrogens with zero attached hydrogens (tertiary/aromatic N) is 2. The number of carbonyl (C=O) groups excluding carboxylic acids is 1. The Bertz CT molecular complexity index is 1220. The van der Waals surface area contributed by atoms with Crippen LogP contribution in [0.2, 0.25) is 0 Å². The van der Waals surface area contributed by atoms with Crippen LogP contribution in [0.25, 0.3) is 11.1 Å². The average molecular weight is 424 g/mol. The topological polar surface area (TPSA) is 71.4 Å². The van der Waals surface area contributed by atoms with Crippen LogP contribution in [0.3, 0.4) is 0 Å². The lowest BCUT2D eigenvalue weighted by Gasteiger charge is -2.17. The Morgan fingerprint density at radius 3 is 2.47 bits per heavy atom. The third-order valence-corrected chi connectivity index (χ3v) is 7.62. The van der Waals surface area contributed by atoms with E-state index in [1.54, 1.807) is 25.5 Å². The molecule has 7 heteroatoms. The summed E-state index contributed by atoms with van der Waals surface area (Å²) in [5.41, 5.74) is 5.87. The first-order valence-corrected chi connectivity index (χ1v) is 11.5. The molecule has 0 radical (unpaired) electrons. The third kappa shape index (κ3) is 3.44. The molecule has 30 heavy (non-hydrogen) atoms. The van der Waals surface area contributed by atoms with E-state index >= 15 is 0 Å². The molecule has 156 valence electrons. The van der Waals surface area contributed by atoms with Crippen molar-refractivity contribution in [2.75, 3.05) is 18.4 Å². The zero-order valence-electron chi connectivity index (χ0n) is 17.3. The molecule has 1 aromatic heterocycles. The van der Waals surface area contributed by atoms with Gasteiger partial charge in [0, 0.05) is 32.0 Å². The fourth-order valence-corrected chi connectivity index (χ4v) is 5.56. The van der Waals surface area contributed by atoms with E-state index < -0.39 is 10.0 Å². The highest BCUT2D eigenvalue weighted by Crippen LogP contribution is 2.37. The molecule has 0 fully saturated rings. The number of fused-ring (bicyclic) bond motifs is 3. The third-order valence-electron chi connectivity index (χ3n) is 5.61. The van der Waals surface area contributed by atoms with Gasteiger partial charge in [0.1, 0.15) is 10.6 Å². The number of hydrogen-bond donors (Lipinski definition) is 1. The number of aromatic nitrogens is 1. The maximum Gasteiger partial charge on any atom is 0.272 e. The molecule has 0 saturated heterocycles. The maximum absolute atomic E-state index is 12.9. The van der Waals surface area contributed by atoms with Crippen molar-refractivity contribution in [1.82, 2.24) is 8.87 Å². The van der Waals surface area contributed by atoms with Gasteiger partial charge >= 0.3 is 0 Å². The molecule has 4 rings (SSSR count). The van der Waals surface area contributed by atoms with Gasteiger partial charge in [0.25, 0.3) is 5.91 Å². The molecule has 0 saturated carbocycles. The Labute approximate surface area is 177 Å². The molecule has 0 unspecified atom stereocenters. The second-order valence-electron chi connectivity index (χ2n) is 7.42. The predicted octanol–water partition coefficient (Wildman–Crippen LogP) is 3.88. The molecule has 0 aliphatic heterocycles. The molecule has 1 N–H and O–H groups in total. The highest BCUT2D eigenvalue weighted by atomic mass is 32.2. The second kappa shape index (κ2) is 7.74. The summed E-state index contributed by atoms with van der Waals surface area (Å²) in [7, 11) is -1.94. The summed E-state index contributed by atoms with van der Waals surface area (Å²) in [4.78, 5) is 13.0. The standard InChI is InChI=1S/C23H25N3O3S/c1-4-26(5-2)30(28,29)19-14-22(25(3)15-19)23(27)24-18-10-11-21-17(13-18)12-16-8-6-7-9-20(16)21/h6-11,13-15H,4-5,12H2,1-3H3,(H,24,27). The van der Waals surface area contributed by atoms with Crippen molar-refractivity contribution in [3.8, 4) is 11.1 Å². The van der Waals surface area contributed by atoms with Gasteiger partial charge in [-0.2, -0.15) is 4.31 Å². The number of aryl methyl sites for hydroxylation is 1. The fraction of sp³-hybridized carbons (Fsp3) is 0.261. The van der Waals surface area contributed by atoms with Gasteiger partial charge in [-0.1, -0.05) is 44.2 Å². The Kier molecular flexibility index (Phi) is 5.26. The first-order chi connectivity index (χ1) is 14.3. The van der Waals surface area contributed by atoms with Crippen molar-refractivity contribution in [2.45, 2.75) is 25.2 Å². The molecule has 0 spiro atoms. The monoisotopic (exact) mass is 423 g/mol. The Hall–Kier alpha value is -2.90. The highest BCUT2D eigenvalue weighted by Gasteiger charge is 2.25. The summed E-state index contributed by atoms with van der Waals surface area (Å²) in [5.74, 6) is -0.339. The molecule has 1 aliphatic rings. The molecule has 0 atom stereocenters. The number of rotatable bonds is 6. The van der Waals surface area contributed by atoms with Crippen molar-refractivity contribution in [2.24, 2.45) is 7.05 Å². The van der Waals surface area contributed by atoms with E-state index in [0.29, 0.717) is 24.5 Å². The van der Waals surface area contributed by atoms with Crippen molar-refractivity contribution in [3.63, 3.8) is 0 Å². The molecule has 1 amide bonds. The van der Waals surface area contributed by atoms with Crippen molar-refractivity contribution >= 4 is 21.6 Å². The lowest BCUT2D eigenvalue weighted by molar-refractivity contribution is 0.101. The maximum atomic E-state index is 12.9. The van der Waals surface area contributed by atoms with Gasteiger partial charge < -0.3 is 9.88 Å². The number of amides is 1. The Morgan fingerprint density at radius 1 is 1.03 bits per heavy atom. The molecule has 0 bridgehead atoms. The van der Waals surface area contributed by atoms with Gasteiger partial charge in [-0.3, -0.25) is 4.79 Å². The summed E-state index contributed by atoms with van der Waals surface area (Å²) < 4.78 is 28.4. The van der Waals surface area contributed by atoms with Crippen LogP contribution in [0.15, 0.2) is 59.6 Å². The fourth-order valence-electron chi connectivity index (χ4n) is 4.03. The summed E-state index contributed by atoms with van der Waals surface area (Å²) in [6.07, 6.45) is 2.33. The first kappa shape index (κ1) is 20.4. The van der Waals surface area contributed by atoms with Gasteiger partial charge in [0.15, 0.2) is 0 Å². The summed E-state index contributed by atoms with van der Waals surface area (Å²) in [6.45, 7) is 4.35. The van der Waals surface area contributed by atoms with Crippen LogP contribution in [-0.4, -0.2) is 36.3 Å². The lowest BCUT2D eigenvalue weighted by atomic mass is 10.1. The van der Waals surface area contributed by atoms with Crippen molar-refractivity contribution < 1.29 is 13.2 Å². The van der Waals surface area contributed by atoms with Crippen LogP contribution < -0.4 is 5.32 Å². The smallest absolute Gasteiger partial charge is 0.272 e. The number of sulfonamides is 1. The van der Waals surface area contributed by atoms with Gasteiger partial charge in [-0.05, 0) is 46.9 Å². The minimum absolute atomic E-state index is 0.128. The minimum atomic E-state index is -3.62. The number of carbonyl (C=O) groups is 1. The molecular formula is C23H25N3O3S. The summed E-state index contributed by atoms with van der Waals surface area (Å²) >= 11 is 0. The second-order valence-corrected chi connectivity index (χ2v) is 9.36. The van der Waals surface area contributed by atoms with E-state index in [2.05, 4.69) is 17.4 Å². The highest BCUT2D eigenvalue weighted by molar-refractivity contribution is 7.89. The first-order valence-electron chi connectivity index (χ1n) is 10.0. The number of anilines is 1. The van der Waals surface area contributed by atoms with Crippen LogP contribution in [0, 0.1) is 0 Å². The van der Waals surface area contributed by atoms with Crippen LogP contribution in [0.1, 0.15) is 35.5 Å². The van der Waals surface area contributed by atoms with Crippen molar-refractivity contribution in [1.29, 1.82) is 0 Å². The largest absolute Gasteiger partial charge is 0.345 e. The normalized spacial score (nSPS) is 12.7. The summed E-state index contributed by atoms with van der Waals surface area (Å²) in [6, 6.07) is 15.6. The van der Waals surface area contributed by atoms with Gasteiger partial charge in [0.05, 0.1) is 0 Å². The predicted molar refractivity (Wildman–Crippen MR) is 118 cm³/mol. The van der Waals surface area contributed by atoms with Gasteiger partial charge in [-0.15, -0.1) is 0 Å². The van der Waals surface area contributed by atoms with Crippen LogP contribution >= 0.6 is 0 Å². The summed E-state index contributed by atoms with van der Waals surface area (Å²) in [5, 5.41) is 2.91. The van der Waals surface area contributed by atoms with Gasteiger partial charge in [-0.25, -0.2) is 8.42 Å². The molecule has 3 aromatic rings. The molecule has 1 heterocycles. The average Bonchev–Trinajstić information content (AvgIpc) is 3.29. The molecular weight excluding hydrogens is 398 g/mol. The van der Waals surface area contributed by atoms with E-state index in [0.717, 1.165) is 6.42 Å². The van der Waals surface area contributed by atoms with Crippen LogP contribution in [0.4, 0.5) is 5.69 Å². The number of hydrogen-bond acceptors (Lipinski definition) is 3. The Morgan fingerprint density at radius 2 is 1.73 bits per heavy atom. The molecule has 6 nitrogen and oxygen atoms in total. The van der Waals surface area contributed by atoms with Crippen molar-refractivity contribution in [3.05, 3.63) is 71.5 Å². The number of benzene rings is 2. The lowest BCUT2D eigenvalue weighted by Crippen LogP contribution is -2.30. The SMILES string of the molecule is CCN(CC)S(=O)(=O)c1cc(C(=O)Nc2ccc3c(c2)Cc2ccccc2-3)n(C)c1. The van der Waals surface area contributed by atoms with E-state index in [-0.39, 0.29) is 10.8 Å². The Balaban J connectivity index is 1.57. The van der Waals surface area contributed by atoms with E-state index in [1.807, 2.05) is 30.3 Å². The van der Waals surface area contributed by atoms with Crippen LogP contribution in [-0.2, 0) is 23.5 Å².